The second-order valence-electron chi connectivity index (χ2n) is 23.1. The van der Waals surface area contributed by atoms with Gasteiger partial charge in [-0.2, -0.15) is 0 Å². The molecule has 2 aliphatic heterocycles. The lowest BCUT2D eigenvalue weighted by molar-refractivity contribution is 0.0592. The van der Waals surface area contributed by atoms with E-state index in [1.54, 1.807) is 24.3 Å². The minimum atomic E-state index is -0.425. The number of esters is 2. The Balaban J connectivity index is 1.49. The average molecular weight is 956 g/mol. The van der Waals surface area contributed by atoms with Gasteiger partial charge in [0, 0.05) is 22.2 Å². The Hall–Kier alpha value is -7.58. The summed E-state index contributed by atoms with van der Waals surface area (Å²) in [6.07, 6.45) is 8.28. The van der Waals surface area contributed by atoms with Gasteiger partial charge < -0.3 is 18.9 Å². The highest BCUT2D eigenvalue weighted by Crippen LogP contribution is 2.43. The van der Waals surface area contributed by atoms with E-state index in [4.69, 9.17) is 23.9 Å². The summed E-state index contributed by atoms with van der Waals surface area (Å²) >= 11 is 0. The molecule has 0 spiro atoms. The first-order chi connectivity index (χ1) is 33.9. The predicted molar refractivity (Wildman–Crippen MR) is 296 cm³/mol. The van der Waals surface area contributed by atoms with Crippen LogP contribution in [0.15, 0.2) is 114 Å². The summed E-state index contributed by atoms with van der Waals surface area (Å²) in [4.78, 5) is 40.4. The Labute approximate surface area is 423 Å². The van der Waals surface area contributed by atoms with Crippen LogP contribution in [0.5, 0.6) is 0 Å². The molecule has 3 aromatic heterocycles. The second kappa shape index (κ2) is 18.2. The van der Waals surface area contributed by atoms with E-state index >= 15 is 0 Å². The highest BCUT2D eigenvalue weighted by molar-refractivity contribution is 6.00. The minimum absolute atomic E-state index is 0.140. The van der Waals surface area contributed by atoms with Crippen molar-refractivity contribution in [2.45, 2.75) is 105 Å². The number of carbonyl (C=O) groups is 2. The summed E-state index contributed by atoms with van der Waals surface area (Å²) in [6.45, 7) is 27.1. The van der Waals surface area contributed by atoms with Crippen LogP contribution in [-0.4, -0.2) is 41.1 Å². The van der Waals surface area contributed by atoms with E-state index in [0.717, 1.165) is 66.9 Å². The van der Waals surface area contributed by atoms with Gasteiger partial charge in [-0.15, -0.1) is 0 Å². The molecule has 0 aliphatic carbocycles. The molecular formula is C64H65N3O5. The lowest BCUT2D eigenvalue weighted by Crippen LogP contribution is -2.16. The first-order valence-corrected chi connectivity index (χ1v) is 24.7. The number of benzene rings is 4. The average Bonchev–Trinajstić information content (AvgIpc) is 4.19. The van der Waals surface area contributed by atoms with Gasteiger partial charge in [0.1, 0.15) is 11.2 Å². The Morgan fingerprint density at radius 1 is 0.403 bits per heavy atom. The van der Waals surface area contributed by atoms with Crippen molar-refractivity contribution in [3.8, 4) is 44.5 Å². The number of aromatic amines is 1. The number of hydrogen-bond acceptors (Lipinski definition) is 7. The molecule has 8 nitrogen and oxygen atoms in total. The number of nitrogens with one attached hydrogen (secondary N) is 1. The topological polar surface area (TPSA) is 107 Å². The van der Waals surface area contributed by atoms with Crippen LogP contribution in [0, 0.1) is 0 Å². The van der Waals surface area contributed by atoms with Crippen LogP contribution in [-0.2, 0) is 31.1 Å². The fraction of sp³-hybridized carbons (Fsp3) is 0.281. The summed E-state index contributed by atoms with van der Waals surface area (Å²) in [5, 5.41) is 0. The number of nitrogens with zero attached hydrogens (tertiary/aromatic N) is 2. The number of hydrogen-bond donors (Lipinski definition) is 1. The second-order valence-corrected chi connectivity index (χ2v) is 23.1. The molecule has 8 heteroatoms. The fourth-order valence-electron chi connectivity index (χ4n) is 9.35. The molecule has 0 unspecified atom stereocenters. The maximum Gasteiger partial charge on any atom is 0.337 e. The molecule has 8 bridgehead atoms. The van der Waals surface area contributed by atoms with Crippen LogP contribution < -0.4 is 0 Å². The lowest BCUT2D eigenvalue weighted by Gasteiger charge is -2.26. The van der Waals surface area contributed by atoms with Gasteiger partial charge >= 0.3 is 11.9 Å². The zero-order valence-electron chi connectivity index (χ0n) is 44.1. The third-order valence-electron chi connectivity index (χ3n) is 13.7. The molecule has 4 aromatic carbocycles. The molecule has 9 rings (SSSR count). The fourth-order valence-corrected chi connectivity index (χ4v) is 9.35. The number of methoxy groups -OCH3 is 2. The Kier molecular flexibility index (Phi) is 12.5. The largest absolute Gasteiger partial charge is 0.465 e. The van der Waals surface area contributed by atoms with Crippen LogP contribution in [0.25, 0.3) is 91.0 Å². The van der Waals surface area contributed by atoms with Gasteiger partial charge in [0.25, 0.3) is 0 Å². The van der Waals surface area contributed by atoms with Gasteiger partial charge in [-0.3, -0.25) is 0 Å². The number of aromatic nitrogens is 3. The number of carbonyl (C=O) groups excluding carboxylic acids is 2. The van der Waals surface area contributed by atoms with Crippen LogP contribution in [0.2, 0.25) is 0 Å². The predicted octanol–water partition coefficient (Wildman–Crippen LogP) is 16.4. The molecule has 0 radical (unpaired) electrons. The lowest BCUT2D eigenvalue weighted by atomic mass is 9.79. The standard InChI is InChI=1S/C64H65N3O5/c1-61(2,3)43-31-41(32-44(35-43)62(4,5)6)55-47-23-24-48(65-47)56(42-33-45(63(7,8)9)36-46(34-42)64(10,11)12)50-26-28-52(67-50)58(38-17-21-40(22-18-38)60(69)71-14)54-30-29-53(72-54)57(51-27-25-49(55)66-51)37-15-19-39(20-16-37)59(68)70-13/h15-36,65H,1-14H3. The summed E-state index contributed by atoms with van der Waals surface area (Å²) in [6, 6.07) is 36.9. The number of H-pyrrole nitrogens is 1. The van der Waals surface area contributed by atoms with Crippen molar-refractivity contribution >= 4 is 58.4 Å². The number of rotatable bonds is 6. The molecule has 7 aromatic rings. The normalized spacial score (nSPS) is 12.9. The smallest absolute Gasteiger partial charge is 0.337 e. The number of furan rings is 1. The quantitative estimate of drug-likeness (QED) is 0.165. The molecule has 2 aliphatic rings. The van der Waals surface area contributed by atoms with Crippen molar-refractivity contribution in [1.29, 1.82) is 0 Å². The molecule has 0 fully saturated rings. The van der Waals surface area contributed by atoms with Crippen LogP contribution in [0.4, 0.5) is 0 Å². The van der Waals surface area contributed by atoms with Gasteiger partial charge in [0.15, 0.2) is 0 Å². The van der Waals surface area contributed by atoms with E-state index in [0.29, 0.717) is 33.7 Å². The summed E-state index contributed by atoms with van der Waals surface area (Å²) < 4.78 is 17.2. The van der Waals surface area contributed by atoms with Crippen molar-refractivity contribution in [1.82, 2.24) is 15.0 Å². The third-order valence-corrected chi connectivity index (χ3v) is 13.7. The van der Waals surface area contributed by atoms with Gasteiger partial charge in [-0.05, 0) is 139 Å². The maximum absolute atomic E-state index is 12.7. The highest BCUT2D eigenvalue weighted by atomic mass is 16.5. The van der Waals surface area contributed by atoms with Gasteiger partial charge in [-0.25, -0.2) is 19.6 Å². The van der Waals surface area contributed by atoms with Crippen molar-refractivity contribution in [3.63, 3.8) is 0 Å². The van der Waals surface area contributed by atoms with E-state index in [1.165, 1.54) is 36.5 Å². The number of ether oxygens (including phenoxy) is 2. The van der Waals surface area contributed by atoms with E-state index in [2.05, 4.69) is 149 Å². The molecular weight excluding hydrogens is 891 g/mol. The van der Waals surface area contributed by atoms with E-state index in [-0.39, 0.29) is 21.7 Å². The van der Waals surface area contributed by atoms with Crippen LogP contribution in [0.1, 0.15) is 149 Å². The molecule has 0 amide bonds. The van der Waals surface area contributed by atoms with Crippen molar-refractivity contribution < 1.29 is 23.5 Å². The molecule has 0 atom stereocenters. The Morgan fingerprint density at radius 3 is 1.00 bits per heavy atom. The van der Waals surface area contributed by atoms with Crippen molar-refractivity contribution in [2.24, 2.45) is 0 Å². The first-order valence-electron chi connectivity index (χ1n) is 24.7. The molecule has 0 saturated heterocycles. The summed E-state index contributed by atoms with van der Waals surface area (Å²) in [5.74, 6) is -0.850. The molecule has 72 heavy (non-hydrogen) atoms. The Bertz CT molecular complexity index is 3240. The zero-order chi connectivity index (χ0) is 51.7. The molecule has 0 saturated carbocycles. The molecule has 366 valence electrons. The third kappa shape index (κ3) is 9.62. The first kappa shape index (κ1) is 49.4. The van der Waals surface area contributed by atoms with Crippen molar-refractivity contribution in [2.75, 3.05) is 14.2 Å². The van der Waals surface area contributed by atoms with E-state index < -0.39 is 11.9 Å². The SMILES string of the molecule is COC(=O)c1ccc(-c2c3nc(c(-c4cc(C(C)(C)C)cc(C(C)(C)C)c4)c4ccc([nH]4)c(-c4cc(C(C)(C)C)cc(C(C)(C)C)c4)c4nc(c(-c5ccc(C(=O)OC)cc5)c5ccc2o5)C=C4)C=C3)cc1. The van der Waals surface area contributed by atoms with Crippen LogP contribution >= 0.6 is 0 Å². The number of fused-ring (bicyclic) bond motifs is 8. The zero-order valence-corrected chi connectivity index (χ0v) is 44.1. The monoisotopic (exact) mass is 955 g/mol. The van der Waals surface area contributed by atoms with Gasteiger partial charge in [0.05, 0.1) is 59.2 Å². The molecule has 5 heterocycles. The van der Waals surface area contributed by atoms with Gasteiger partial charge in [-0.1, -0.05) is 144 Å². The summed E-state index contributed by atoms with van der Waals surface area (Å²) in [5.41, 5.74) is 18.2. The molecule has 1 N–H and O–H groups in total. The van der Waals surface area contributed by atoms with Crippen LogP contribution in [0.3, 0.4) is 0 Å². The minimum Gasteiger partial charge on any atom is -0.465 e. The summed E-state index contributed by atoms with van der Waals surface area (Å²) in [7, 11) is 2.76. The maximum atomic E-state index is 12.7. The highest BCUT2D eigenvalue weighted by Gasteiger charge is 2.27. The Morgan fingerprint density at radius 2 is 0.708 bits per heavy atom. The van der Waals surface area contributed by atoms with Gasteiger partial charge in [0.2, 0.25) is 0 Å². The van der Waals surface area contributed by atoms with E-state index in [1.807, 2.05) is 48.6 Å². The van der Waals surface area contributed by atoms with E-state index in [9.17, 15) is 9.59 Å². The van der Waals surface area contributed by atoms with Crippen molar-refractivity contribution in [3.05, 3.63) is 165 Å².